The number of nitrogens with one attached hydrogen (secondary N) is 1. The van der Waals surface area contributed by atoms with Crippen molar-refractivity contribution < 1.29 is 27.9 Å². The van der Waals surface area contributed by atoms with E-state index in [4.69, 9.17) is 9.84 Å². The Morgan fingerprint density at radius 2 is 1.54 bits per heavy atom. The Morgan fingerprint density at radius 3 is 2.19 bits per heavy atom. The third-order valence-corrected chi connectivity index (χ3v) is 8.00. The lowest BCUT2D eigenvalue weighted by Gasteiger charge is -2.09. The average Bonchev–Trinajstić information content (AvgIpc) is 3.74. The summed E-state index contributed by atoms with van der Waals surface area (Å²) in [5.41, 5.74) is 2.66. The molecule has 0 unspecified atom stereocenters. The number of H-pyrrole nitrogens is 1. The zero-order valence-corrected chi connectivity index (χ0v) is 20.3. The number of hydrogen-bond donors (Lipinski definition) is 2. The number of rotatable bonds is 8. The van der Waals surface area contributed by atoms with Crippen LogP contribution in [0.3, 0.4) is 0 Å². The molecule has 188 valence electrons. The largest absolute Gasteiger partial charge is 0.478 e. The van der Waals surface area contributed by atoms with Crippen LogP contribution in [0.1, 0.15) is 37.4 Å². The Balaban J connectivity index is 1.29. The van der Waals surface area contributed by atoms with Gasteiger partial charge >= 0.3 is 11.9 Å². The lowest BCUT2D eigenvalue weighted by molar-refractivity contribution is 0.0472. The van der Waals surface area contributed by atoms with Crippen LogP contribution in [0.5, 0.6) is 0 Å². The number of aromatic nitrogens is 1. The van der Waals surface area contributed by atoms with E-state index < -0.39 is 22.0 Å². The van der Waals surface area contributed by atoms with E-state index in [1.54, 1.807) is 48.5 Å². The third-order valence-electron chi connectivity index (χ3n) is 6.09. The number of carbonyl (C=O) groups is 2. The van der Waals surface area contributed by atoms with Crippen LogP contribution in [0.15, 0.2) is 82.5 Å². The Labute approximate surface area is 212 Å². The normalized spacial score (nSPS) is 13.4. The number of pyridine rings is 1. The number of ether oxygens (including phenoxy) is 1. The molecule has 1 saturated heterocycles. The van der Waals surface area contributed by atoms with E-state index in [-0.39, 0.29) is 22.6 Å². The molecule has 4 aromatic rings. The molecule has 0 spiro atoms. The molecular formula is C27H22N2O7S. The van der Waals surface area contributed by atoms with E-state index in [1.165, 1.54) is 28.6 Å². The van der Waals surface area contributed by atoms with Gasteiger partial charge in [-0.1, -0.05) is 24.3 Å². The van der Waals surface area contributed by atoms with Crippen LogP contribution in [0.4, 0.5) is 0 Å². The molecule has 1 fully saturated rings. The summed E-state index contributed by atoms with van der Waals surface area (Å²) < 4.78 is 31.3. The van der Waals surface area contributed by atoms with E-state index in [0.717, 1.165) is 5.56 Å². The second kappa shape index (κ2) is 9.64. The van der Waals surface area contributed by atoms with Crippen molar-refractivity contribution in [1.82, 2.24) is 9.29 Å². The van der Waals surface area contributed by atoms with Crippen LogP contribution < -0.4 is 5.56 Å². The van der Waals surface area contributed by atoms with Crippen molar-refractivity contribution >= 4 is 32.9 Å². The van der Waals surface area contributed by atoms with Gasteiger partial charge in [-0.05, 0) is 65.0 Å². The number of aromatic carboxylic acids is 1. The molecule has 5 rings (SSSR count). The molecule has 0 saturated carbocycles. The van der Waals surface area contributed by atoms with Gasteiger partial charge in [0.25, 0.3) is 5.56 Å². The minimum Gasteiger partial charge on any atom is -0.478 e. The number of fused-ring (bicyclic) bond motifs is 1. The highest BCUT2D eigenvalue weighted by atomic mass is 32.2. The van der Waals surface area contributed by atoms with E-state index in [1.807, 2.05) is 0 Å². The predicted molar refractivity (Wildman–Crippen MR) is 135 cm³/mol. The maximum atomic E-state index is 12.7. The molecular weight excluding hydrogens is 496 g/mol. The number of aromatic amines is 1. The minimum atomic E-state index is -3.43. The SMILES string of the molecule is O=C(O)c1ccc(Cc2cc3cc(C(=O)OCc4ccc(S(=O)(=O)N5CC5)cc4)ccc3[nH]c2=O)cc1. The first kappa shape index (κ1) is 24.4. The van der Waals surface area contributed by atoms with Gasteiger partial charge in [0, 0.05) is 30.6 Å². The molecule has 0 bridgehead atoms. The van der Waals surface area contributed by atoms with Crippen molar-refractivity contribution in [2.45, 2.75) is 17.9 Å². The molecule has 9 nitrogen and oxygen atoms in total. The molecule has 0 aliphatic carbocycles. The van der Waals surface area contributed by atoms with Gasteiger partial charge in [-0.2, -0.15) is 4.31 Å². The molecule has 1 aromatic heterocycles. The second-order valence-electron chi connectivity index (χ2n) is 8.73. The number of hydrogen-bond acceptors (Lipinski definition) is 6. The summed E-state index contributed by atoms with van der Waals surface area (Å²) in [7, 11) is -3.43. The molecule has 0 atom stereocenters. The van der Waals surface area contributed by atoms with Crippen molar-refractivity contribution in [2.75, 3.05) is 13.1 Å². The first-order valence-electron chi connectivity index (χ1n) is 11.5. The Morgan fingerprint density at radius 1 is 0.892 bits per heavy atom. The summed E-state index contributed by atoms with van der Waals surface area (Å²) >= 11 is 0. The summed E-state index contributed by atoms with van der Waals surface area (Å²) in [4.78, 5) is 39.3. The van der Waals surface area contributed by atoms with E-state index in [9.17, 15) is 22.8 Å². The van der Waals surface area contributed by atoms with Gasteiger partial charge in [0.2, 0.25) is 10.0 Å². The Kier molecular flexibility index (Phi) is 6.36. The summed E-state index contributed by atoms with van der Waals surface area (Å²) in [6.45, 7) is 1.04. The van der Waals surface area contributed by atoms with Gasteiger partial charge in [0.15, 0.2) is 0 Å². The number of esters is 1. The van der Waals surface area contributed by atoms with Gasteiger partial charge in [-0.15, -0.1) is 0 Å². The number of benzene rings is 3. The molecule has 1 aliphatic heterocycles. The molecule has 1 aliphatic rings. The fraction of sp³-hybridized carbons (Fsp3) is 0.148. The first-order valence-corrected chi connectivity index (χ1v) is 12.9. The standard InChI is InChI=1S/C27H22N2O7S/c30-25-22(13-17-1-5-19(6-2-17)26(31)32)15-21-14-20(7-10-24(21)28-25)27(33)36-16-18-3-8-23(9-4-18)37(34,35)29-11-12-29/h1-10,14-15H,11-13,16H2,(H,28,30)(H,31,32). The summed E-state index contributed by atoms with van der Waals surface area (Å²) in [5.74, 6) is -1.58. The van der Waals surface area contributed by atoms with E-state index >= 15 is 0 Å². The summed E-state index contributed by atoms with van der Waals surface area (Å²) in [5, 5.41) is 9.69. The Bertz CT molecular complexity index is 1670. The van der Waals surface area contributed by atoms with Gasteiger partial charge < -0.3 is 14.8 Å². The first-order chi connectivity index (χ1) is 17.7. The molecule has 2 N–H and O–H groups in total. The highest BCUT2D eigenvalue weighted by Crippen LogP contribution is 2.22. The van der Waals surface area contributed by atoms with Crippen LogP contribution in [0.25, 0.3) is 10.9 Å². The quantitative estimate of drug-likeness (QED) is 0.270. The van der Waals surface area contributed by atoms with Crippen molar-refractivity contribution in [3.8, 4) is 0 Å². The number of sulfonamides is 1. The fourth-order valence-electron chi connectivity index (χ4n) is 3.92. The smallest absolute Gasteiger partial charge is 0.338 e. The number of carboxylic acids is 1. The second-order valence-corrected chi connectivity index (χ2v) is 10.7. The zero-order valence-electron chi connectivity index (χ0n) is 19.5. The van der Waals surface area contributed by atoms with Gasteiger partial charge in [-0.25, -0.2) is 18.0 Å². The van der Waals surface area contributed by atoms with Crippen molar-refractivity contribution in [1.29, 1.82) is 0 Å². The van der Waals surface area contributed by atoms with Gasteiger partial charge in [-0.3, -0.25) is 4.79 Å². The monoisotopic (exact) mass is 518 g/mol. The molecule has 3 aromatic carbocycles. The fourth-order valence-corrected chi connectivity index (χ4v) is 5.26. The van der Waals surface area contributed by atoms with E-state index in [2.05, 4.69) is 4.98 Å². The molecule has 37 heavy (non-hydrogen) atoms. The lowest BCUT2D eigenvalue weighted by atomic mass is 10.0. The van der Waals surface area contributed by atoms with Crippen molar-refractivity contribution in [2.24, 2.45) is 0 Å². The van der Waals surface area contributed by atoms with Crippen LogP contribution in [-0.2, 0) is 27.8 Å². The number of carbonyl (C=O) groups excluding carboxylic acids is 1. The Hall–Kier alpha value is -4.28. The molecule has 10 heteroatoms. The van der Waals surface area contributed by atoms with Crippen molar-refractivity contribution in [3.63, 3.8) is 0 Å². The summed E-state index contributed by atoms with van der Waals surface area (Å²) in [6, 6.07) is 19.0. The summed E-state index contributed by atoms with van der Waals surface area (Å²) in [6.07, 6.45) is 0.295. The molecule has 2 heterocycles. The van der Waals surface area contributed by atoms with E-state index in [0.29, 0.717) is 47.1 Å². The highest BCUT2D eigenvalue weighted by molar-refractivity contribution is 7.89. The maximum absolute atomic E-state index is 12.7. The average molecular weight is 519 g/mol. The number of nitrogens with zero attached hydrogens (tertiary/aromatic N) is 1. The topological polar surface area (TPSA) is 134 Å². The third kappa shape index (κ3) is 5.30. The van der Waals surface area contributed by atoms with Crippen LogP contribution >= 0.6 is 0 Å². The molecule has 0 amide bonds. The minimum absolute atomic E-state index is 0.0237. The highest BCUT2D eigenvalue weighted by Gasteiger charge is 2.33. The van der Waals surface area contributed by atoms with Gasteiger partial charge in [0.1, 0.15) is 6.61 Å². The van der Waals surface area contributed by atoms with Gasteiger partial charge in [0.05, 0.1) is 16.0 Å². The zero-order chi connectivity index (χ0) is 26.2. The predicted octanol–water partition coefficient (Wildman–Crippen LogP) is 3.18. The number of carboxylic acid groups (broad SMARTS) is 1. The van der Waals surface area contributed by atoms with Crippen molar-refractivity contribution in [3.05, 3.63) is 111 Å². The van der Waals surface area contributed by atoms with Crippen LogP contribution in [0, 0.1) is 0 Å². The molecule has 0 radical (unpaired) electrons. The van der Waals surface area contributed by atoms with Crippen LogP contribution in [0.2, 0.25) is 0 Å². The maximum Gasteiger partial charge on any atom is 0.338 e. The van der Waals surface area contributed by atoms with Crippen LogP contribution in [-0.4, -0.2) is 47.8 Å². The lowest BCUT2D eigenvalue weighted by Crippen LogP contribution is -2.13.